The summed E-state index contributed by atoms with van der Waals surface area (Å²) in [5.74, 6) is 2.85. The first kappa shape index (κ1) is 11.6. The second-order valence-electron chi connectivity index (χ2n) is 4.77. The Morgan fingerprint density at radius 3 is 3.00 bits per heavy atom. The van der Waals surface area contributed by atoms with Gasteiger partial charge in [0.1, 0.15) is 11.6 Å². The molecule has 1 unspecified atom stereocenters. The molecule has 0 radical (unpaired) electrons. The standard InChI is InChI=1S/C12H22N4/c1-10(6-5-8-13)12-15-14-11-7-3-2-4-9-16(11)12/h10H,2-9,13H2,1H3. The Bertz CT molecular complexity index is 332. The number of nitrogens with zero attached hydrogens (tertiary/aromatic N) is 3. The first-order valence-electron chi connectivity index (χ1n) is 6.45. The average Bonchev–Trinajstić information content (AvgIpc) is 2.55. The molecular weight excluding hydrogens is 200 g/mol. The van der Waals surface area contributed by atoms with Gasteiger partial charge in [-0.25, -0.2) is 0 Å². The van der Waals surface area contributed by atoms with E-state index in [1.807, 2.05) is 0 Å². The number of nitrogens with two attached hydrogens (primary N) is 1. The smallest absolute Gasteiger partial charge is 0.135 e. The Labute approximate surface area is 97.2 Å². The number of hydrogen-bond donors (Lipinski definition) is 1. The molecule has 2 heterocycles. The van der Waals surface area contributed by atoms with Crippen molar-refractivity contribution in [3.05, 3.63) is 11.6 Å². The number of fused-ring (bicyclic) bond motifs is 1. The third-order valence-corrected chi connectivity index (χ3v) is 3.42. The third kappa shape index (κ3) is 2.43. The quantitative estimate of drug-likeness (QED) is 0.845. The van der Waals surface area contributed by atoms with Gasteiger partial charge in [0.2, 0.25) is 0 Å². The number of aromatic nitrogens is 3. The molecular formula is C12H22N4. The van der Waals surface area contributed by atoms with Crippen molar-refractivity contribution in [1.82, 2.24) is 14.8 Å². The van der Waals surface area contributed by atoms with Gasteiger partial charge in [-0.2, -0.15) is 0 Å². The molecule has 0 aliphatic carbocycles. The second kappa shape index (κ2) is 5.43. The van der Waals surface area contributed by atoms with E-state index in [0.29, 0.717) is 5.92 Å². The lowest BCUT2D eigenvalue weighted by atomic mass is 10.0. The summed E-state index contributed by atoms with van der Waals surface area (Å²) in [7, 11) is 0. The van der Waals surface area contributed by atoms with Crippen LogP contribution < -0.4 is 5.73 Å². The van der Waals surface area contributed by atoms with Crippen LogP contribution in [0, 0.1) is 0 Å². The molecule has 2 N–H and O–H groups in total. The molecule has 2 rings (SSSR count). The summed E-state index contributed by atoms with van der Waals surface area (Å²) in [4.78, 5) is 0. The Balaban J connectivity index is 2.11. The van der Waals surface area contributed by atoms with Crippen LogP contribution in [-0.2, 0) is 13.0 Å². The van der Waals surface area contributed by atoms with Crippen LogP contribution in [-0.4, -0.2) is 21.3 Å². The molecule has 4 heteroatoms. The average molecular weight is 222 g/mol. The molecule has 1 aliphatic rings. The lowest BCUT2D eigenvalue weighted by Crippen LogP contribution is -2.10. The van der Waals surface area contributed by atoms with E-state index < -0.39 is 0 Å². The predicted octanol–water partition coefficient (Wildman–Crippen LogP) is 1.85. The molecule has 90 valence electrons. The maximum atomic E-state index is 5.55. The van der Waals surface area contributed by atoms with Crippen molar-refractivity contribution in [2.45, 2.75) is 57.9 Å². The van der Waals surface area contributed by atoms with Gasteiger partial charge in [-0.15, -0.1) is 10.2 Å². The minimum atomic E-state index is 0.489. The molecule has 1 aromatic rings. The van der Waals surface area contributed by atoms with Crippen molar-refractivity contribution < 1.29 is 0 Å². The third-order valence-electron chi connectivity index (χ3n) is 3.42. The summed E-state index contributed by atoms with van der Waals surface area (Å²) in [6.07, 6.45) is 7.13. The monoisotopic (exact) mass is 222 g/mol. The van der Waals surface area contributed by atoms with Gasteiger partial charge in [-0.1, -0.05) is 13.3 Å². The van der Waals surface area contributed by atoms with E-state index in [1.54, 1.807) is 0 Å². The molecule has 16 heavy (non-hydrogen) atoms. The van der Waals surface area contributed by atoms with Crippen LogP contribution in [0.2, 0.25) is 0 Å². The summed E-state index contributed by atoms with van der Waals surface area (Å²) in [5.41, 5.74) is 5.55. The lowest BCUT2D eigenvalue weighted by molar-refractivity contribution is 0.542. The van der Waals surface area contributed by atoms with E-state index in [-0.39, 0.29) is 0 Å². The van der Waals surface area contributed by atoms with Crippen molar-refractivity contribution in [3.63, 3.8) is 0 Å². The highest BCUT2D eigenvalue weighted by Gasteiger charge is 2.18. The first-order valence-corrected chi connectivity index (χ1v) is 6.45. The molecule has 0 spiro atoms. The van der Waals surface area contributed by atoms with Crippen LogP contribution in [0.15, 0.2) is 0 Å². The van der Waals surface area contributed by atoms with Crippen LogP contribution >= 0.6 is 0 Å². The highest BCUT2D eigenvalue weighted by Crippen LogP contribution is 2.22. The van der Waals surface area contributed by atoms with Crippen molar-refractivity contribution in [1.29, 1.82) is 0 Å². The van der Waals surface area contributed by atoms with E-state index in [2.05, 4.69) is 21.7 Å². The van der Waals surface area contributed by atoms with Gasteiger partial charge in [-0.3, -0.25) is 0 Å². The molecule has 0 aromatic carbocycles. The largest absolute Gasteiger partial charge is 0.330 e. The van der Waals surface area contributed by atoms with Gasteiger partial charge in [0.25, 0.3) is 0 Å². The zero-order valence-electron chi connectivity index (χ0n) is 10.2. The van der Waals surface area contributed by atoms with Gasteiger partial charge in [0, 0.05) is 18.9 Å². The Kier molecular flexibility index (Phi) is 3.93. The molecule has 0 saturated carbocycles. The topological polar surface area (TPSA) is 56.7 Å². The van der Waals surface area contributed by atoms with Gasteiger partial charge < -0.3 is 10.3 Å². The van der Waals surface area contributed by atoms with E-state index >= 15 is 0 Å². The van der Waals surface area contributed by atoms with Crippen LogP contribution in [0.25, 0.3) is 0 Å². The normalized spacial score (nSPS) is 17.9. The fourth-order valence-electron chi connectivity index (χ4n) is 2.43. The minimum Gasteiger partial charge on any atom is -0.330 e. The SMILES string of the molecule is CC(CCCN)c1nnc2n1CCCCC2. The molecule has 4 nitrogen and oxygen atoms in total. The maximum absolute atomic E-state index is 5.55. The highest BCUT2D eigenvalue weighted by molar-refractivity contribution is 5.02. The van der Waals surface area contributed by atoms with Crippen LogP contribution in [0.5, 0.6) is 0 Å². The number of hydrogen-bond acceptors (Lipinski definition) is 3. The van der Waals surface area contributed by atoms with Crippen LogP contribution in [0.1, 0.15) is 56.6 Å². The van der Waals surface area contributed by atoms with E-state index in [4.69, 9.17) is 5.73 Å². The molecule has 0 bridgehead atoms. The van der Waals surface area contributed by atoms with Gasteiger partial charge in [0.05, 0.1) is 0 Å². The van der Waals surface area contributed by atoms with Gasteiger partial charge >= 0.3 is 0 Å². The molecule has 0 amide bonds. The molecule has 0 fully saturated rings. The zero-order valence-corrected chi connectivity index (χ0v) is 10.2. The molecule has 1 aliphatic heterocycles. The summed E-state index contributed by atoms with van der Waals surface area (Å²) in [6, 6.07) is 0. The Morgan fingerprint density at radius 1 is 1.31 bits per heavy atom. The summed E-state index contributed by atoms with van der Waals surface area (Å²) in [5, 5.41) is 8.69. The van der Waals surface area contributed by atoms with Crippen LogP contribution in [0.3, 0.4) is 0 Å². The van der Waals surface area contributed by atoms with Crippen molar-refractivity contribution >= 4 is 0 Å². The van der Waals surface area contributed by atoms with E-state index in [0.717, 1.165) is 32.4 Å². The summed E-state index contributed by atoms with van der Waals surface area (Å²) >= 11 is 0. The zero-order chi connectivity index (χ0) is 11.4. The van der Waals surface area contributed by atoms with Crippen molar-refractivity contribution in [3.8, 4) is 0 Å². The fourth-order valence-corrected chi connectivity index (χ4v) is 2.43. The van der Waals surface area contributed by atoms with Crippen molar-refractivity contribution in [2.75, 3.05) is 6.54 Å². The van der Waals surface area contributed by atoms with Gasteiger partial charge in [0.15, 0.2) is 0 Å². The number of aryl methyl sites for hydroxylation is 1. The first-order chi connectivity index (χ1) is 7.83. The molecule has 1 atom stereocenters. The second-order valence-corrected chi connectivity index (χ2v) is 4.77. The molecule has 0 saturated heterocycles. The van der Waals surface area contributed by atoms with E-state index in [9.17, 15) is 0 Å². The Hall–Kier alpha value is -0.900. The summed E-state index contributed by atoms with van der Waals surface area (Å²) in [6.45, 7) is 4.10. The van der Waals surface area contributed by atoms with E-state index in [1.165, 1.54) is 30.9 Å². The van der Waals surface area contributed by atoms with Crippen LogP contribution in [0.4, 0.5) is 0 Å². The fraction of sp³-hybridized carbons (Fsp3) is 0.833. The summed E-state index contributed by atoms with van der Waals surface area (Å²) < 4.78 is 2.34. The molecule has 1 aromatic heterocycles. The highest BCUT2D eigenvalue weighted by atomic mass is 15.3. The lowest BCUT2D eigenvalue weighted by Gasteiger charge is -2.12. The maximum Gasteiger partial charge on any atom is 0.135 e. The predicted molar refractivity (Wildman–Crippen MR) is 64.3 cm³/mol. The Morgan fingerprint density at radius 2 is 2.19 bits per heavy atom. The van der Waals surface area contributed by atoms with Gasteiger partial charge in [-0.05, 0) is 32.2 Å². The van der Waals surface area contributed by atoms with Crippen molar-refractivity contribution in [2.24, 2.45) is 5.73 Å². The number of rotatable bonds is 4. The minimum absolute atomic E-state index is 0.489.